The van der Waals surface area contributed by atoms with Crippen LogP contribution in [0.2, 0.25) is 0 Å². The number of ether oxygens (including phenoxy) is 1. The normalized spacial score (nSPS) is 23.4. The number of likely N-dealkylation sites (tertiary alicyclic amines) is 1. The van der Waals surface area contributed by atoms with Crippen LogP contribution in [0.15, 0.2) is 24.3 Å². The SMILES string of the molecule is COC1(C)CCCN(C(=O)Cc2ccccc2N)C1. The molecule has 2 N–H and O–H groups in total. The molecule has 1 fully saturated rings. The maximum absolute atomic E-state index is 12.3. The van der Waals surface area contributed by atoms with Crippen LogP contribution in [-0.2, 0) is 16.0 Å². The van der Waals surface area contributed by atoms with Crippen LogP contribution < -0.4 is 5.73 Å². The van der Waals surface area contributed by atoms with Gasteiger partial charge in [0.1, 0.15) is 0 Å². The highest BCUT2D eigenvalue weighted by Gasteiger charge is 2.32. The maximum Gasteiger partial charge on any atom is 0.227 e. The smallest absolute Gasteiger partial charge is 0.227 e. The van der Waals surface area contributed by atoms with Gasteiger partial charge in [-0.15, -0.1) is 0 Å². The Kier molecular flexibility index (Phi) is 4.10. The standard InChI is InChI=1S/C15H22N2O2/c1-15(19-2)8-5-9-17(11-15)14(18)10-12-6-3-4-7-13(12)16/h3-4,6-7H,5,8-11,16H2,1-2H3. The number of amides is 1. The Bertz CT molecular complexity index is 461. The molecule has 1 aromatic rings. The summed E-state index contributed by atoms with van der Waals surface area (Å²) in [6.07, 6.45) is 2.35. The van der Waals surface area contributed by atoms with Gasteiger partial charge in [0, 0.05) is 25.9 Å². The first-order chi connectivity index (χ1) is 9.04. The summed E-state index contributed by atoms with van der Waals surface area (Å²) < 4.78 is 5.51. The first-order valence-electron chi connectivity index (χ1n) is 6.70. The van der Waals surface area contributed by atoms with Gasteiger partial charge in [0.25, 0.3) is 0 Å². The molecule has 104 valence electrons. The predicted octanol–water partition coefficient (Wildman–Crippen LogP) is 1.84. The van der Waals surface area contributed by atoms with E-state index in [-0.39, 0.29) is 11.5 Å². The van der Waals surface area contributed by atoms with Crippen molar-refractivity contribution in [2.24, 2.45) is 0 Å². The van der Waals surface area contributed by atoms with E-state index in [1.165, 1.54) is 0 Å². The third kappa shape index (κ3) is 3.26. The van der Waals surface area contributed by atoms with Gasteiger partial charge in [-0.05, 0) is 31.4 Å². The van der Waals surface area contributed by atoms with E-state index in [4.69, 9.17) is 10.5 Å². The lowest BCUT2D eigenvalue weighted by Crippen LogP contribution is -2.50. The van der Waals surface area contributed by atoms with Gasteiger partial charge >= 0.3 is 0 Å². The third-order valence-electron chi connectivity index (χ3n) is 3.90. The Morgan fingerprint density at radius 1 is 1.47 bits per heavy atom. The van der Waals surface area contributed by atoms with E-state index in [2.05, 4.69) is 6.92 Å². The zero-order chi connectivity index (χ0) is 13.9. The second-order valence-electron chi connectivity index (χ2n) is 5.45. The van der Waals surface area contributed by atoms with Gasteiger partial charge in [-0.25, -0.2) is 0 Å². The van der Waals surface area contributed by atoms with E-state index in [9.17, 15) is 4.79 Å². The zero-order valence-electron chi connectivity index (χ0n) is 11.7. The highest BCUT2D eigenvalue weighted by Crippen LogP contribution is 2.24. The Hall–Kier alpha value is -1.55. The number of hydrogen-bond donors (Lipinski definition) is 1. The summed E-state index contributed by atoms with van der Waals surface area (Å²) in [5.41, 5.74) is 7.25. The molecule has 4 heteroatoms. The lowest BCUT2D eigenvalue weighted by molar-refractivity contribution is -0.138. The van der Waals surface area contributed by atoms with E-state index in [0.717, 1.165) is 24.9 Å². The topological polar surface area (TPSA) is 55.6 Å². The van der Waals surface area contributed by atoms with Crippen molar-refractivity contribution in [1.29, 1.82) is 0 Å². The molecule has 1 heterocycles. The molecule has 1 amide bonds. The molecule has 0 aromatic heterocycles. The van der Waals surface area contributed by atoms with Crippen LogP contribution >= 0.6 is 0 Å². The molecule has 0 aliphatic carbocycles. The van der Waals surface area contributed by atoms with Gasteiger partial charge in [-0.1, -0.05) is 18.2 Å². The van der Waals surface area contributed by atoms with E-state index < -0.39 is 0 Å². The Morgan fingerprint density at radius 3 is 2.89 bits per heavy atom. The second-order valence-corrected chi connectivity index (χ2v) is 5.45. The summed E-state index contributed by atoms with van der Waals surface area (Å²) >= 11 is 0. The molecule has 1 atom stereocenters. The zero-order valence-corrected chi connectivity index (χ0v) is 11.7. The fourth-order valence-electron chi connectivity index (χ4n) is 2.56. The summed E-state index contributed by atoms with van der Waals surface area (Å²) in [5.74, 6) is 0.126. The van der Waals surface area contributed by atoms with E-state index in [0.29, 0.717) is 18.7 Å². The fourth-order valence-corrected chi connectivity index (χ4v) is 2.56. The minimum atomic E-state index is -0.212. The van der Waals surface area contributed by atoms with Crippen molar-refractivity contribution in [3.05, 3.63) is 29.8 Å². The highest BCUT2D eigenvalue weighted by atomic mass is 16.5. The molecule has 0 radical (unpaired) electrons. The molecule has 19 heavy (non-hydrogen) atoms. The van der Waals surface area contributed by atoms with Crippen molar-refractivity contribution < 1.29 is 9.53 Å². The summed E-state index contributed by atoms with van der Waals surface area (Å²) in [6, 6.07) is 7.53. The average molecular weight is 262 g/mol. The maximum atomic E-state index is 12.3. The minimum Gasteiger partial charge on any atom is -0.398 e. The molecule has 1 aliphatic heterocycles. The lowest BCUT2D eigenvalue weighted by atomic mass is 9.94. The Labute approximate surface area is 114 Å². The van der Waals surface area contributed by atoms with Crippen LogP contribution in [0, 0.1) is 0 Å². The number of carbonyl (C=O) groups is 1. The summed E-state index contributed by atoms with van der Waals surface area (Å²) in [5, 5.41) is 0. The van der Waals surface area contributed by atoms with Gasteiger partial charge < -0.3 is 15.4 Å². The van der Waals surface area contributed by atoms with Gasteiger partial charge in [0.2, 0.25) is 5.91 Å². The van der Waals surface area contributed by atoms with Crippen molar-refractivity contribution in [2.75, 3.05) is 25.9 Å². The fraction of sp³-hybridized carbons (Fsp3) is 0.533. The summed E-state index contributed by atoms with van der Waals surface area (Å²) in [4.78, 5) is 14.2. The Morgan fingerprint density at radius 2 is 2.21 bits per heavy atom. The van der Waals surface area contributed by atoms with Crippen LogP contribution in [0.1, 0.15) is 25.3 Å². The average Bonchev–Trinajstić information content (AvgIpc) is 2.41. The number of nitrogens with two attached hydrogens (primary N) is 1. The van der Waals surface area contributed by atoms with Crippen LogP contribution in [0.5, 0.6) is 0 Å². The third-order valence-corrected chi connectivity index (χ3v) is 3.90. The lowest BCUT2D eigenvalue weighted by Gasteiger charge is -2.39. The van der Waals surface area contributed by atoms with E-state index in [1.54, 1.807) is 7.11 Å². The molecule has 0 saturated carbocycles. The first-order valence-corrected chi connectivity index (χ1v) is 6.70. The second kappa shape index (κ2) is 5.61. The number of methoxy groups -OCH3 is 1. The number of carbonyl (C=O) groups excluding carboxylic acids is 1. The molecule has 0 spiro atoms. The van der Waals surface area contributed by atoms with Gasteiger partial charge in [-0.2, -0.15) is 0 Å². The molecule has 2 rings (SSSR count). The van der Waals surface area contributed by atoms with Crippen molar-refractivity contribution in [1.82, 2.24) is 4.90 Å². The quantitative estimate of drug-likeness (QED) is 0.846. The molecule has 0 bridgehead atoms. The van der Waals surface area contributed by atoms with Crippen LogP contribution in [0.4, 0.5) is 5.69 Å². The highest BCUT2D eigenvalue weighted by molar-refractivity contribution is 5.80. The molecular formula is C15H22N2O2. The predicted molar refractivity (Wildman–Crippen MR) is 75.8 cm³/mol. The molecule has 1 aromatic carbocycles. The van der Waals surface area contributed by atoms with E-state index >= 15 is 0 Å². The van der Waals surface area contributed by atoms with Crippen molar-refractivity contribution in [3.8, 4) is 0 Å². The molecule has 1 unspecified atom stereocenters. The molecule has 1 saturated heterocycles. The van der Waals surface area contributed by atoms with Gasteiger partial charge in [0.15, 0.2) is 0 Å². The number of piperidine rings is 1. The van der Waals surface area contributed by atoms with Crippen LogP contribution in [-0.4, -0.2) is 36.6 Å². The van der Waals surface area contributed by atoms with Crippen molar-refractivity contribution >= 4 is 11.6 Å². The number of hydrogen-bond acceptors (Lipinski definition) is 3. The van der Waals surface area contributed by atoms with E-state index in [1.807, 2.05) is 29.2 Å². The number of para-hydroxylation sites is 1. The van der Waals surface area contributed by atoms with Gasteiger partial charge in [0.05, 0.1) is 12.0 Å². The first kappa shape index (κ1) is 13.9. The number of anilines is 1. The van der Waals surface area contributed by atoms with Crippen LogP contribution in [0.25, 0.3) is 0 Å². The van der Waals surface area contributed by atoms with Gasteiger partial charge in [-0.3, -0.25) is 4.79 Å². The Balaban J connectivity index is 2.02. The number of rotatable bonds is 3. The van der Waals surface area contributed by atoms with Crippen molar-refractivity contribution in [2.45, 2.75) is 31.8 Å². The van der Waals surface area contributed by atoms with Crippen molar-refractivity contribution in [3.63, 3.8) is 0 Å². The molecular weight excluding hydrogens is 240 g/mol. The largest absolute Gasteiger partial charge is 0.398 e. The number of benzene rings is 1. The monoisotopic (exact) mass is 262 g/mol. The summed E-state index contributed by atoms with van der Waals surface area (Å²) in [6.45, 7) is 3.53. The minimum absolute atomic E-state index is 0.126. The molecule has 4 nitrogen and oxygen atoms in total. The molecule has 1 aliphatic rings. The number of nitrogen functional groups attached to an aromatic ring is 1. The summed E-state index contributed by atoms with van der Waals surface area (Å²) in [7, 11) is 1.71. The number of nitrogens with zero attached hydrogens (tertiary/aromatic N) is 1. The van der Waals surface area contributed by atoms with Crippen LogP contribution in [0.3, 0.4) is 0 Å².